The third-order valence-electron chi connectivity index (χ3n) is 8.61. The Labute approximate surface area is 245 Å². The number of Topliss-reactive ketones (excluding diaryl/α,β-unsaturated/α-hetero) is 1. The lowest BCUT2D eigenvalue weighted by molar-refractivity contribution is -0.138. The predicted octanol–water partition coefficient (Wildman–Crippen LogP) is 2.48. The van der Waals surface area contributed by atoms with E-state index in [4.69, 9.17) is 18.5 Å². The van der Waals surface area contributed by atoms with Crippen LogP contribution in [0.2, 0.25) is 0 Å². The van der Waals surface area contributed by atoms with Gasteiger partial charge in [0.25, 0.3) is 0 Å². The first-order chi connectivity index (χ1) is 19.2. The Morgan fingerprint density at radius 3 is 2.10 bits per heavy atom. The normalized spacial score (nSPS) is 27.3. The maximum Gasteiger partial charge on any atom is 0.472 e. The summed E-state index contributed by atoms with van der Waals surface area (Å²) in [5.41, 5.74) is 0. The van der Waals surface area contributed by atoms with E-state index in [1.807, 2.05) is 34.7 Å². The molecular weight excluding hydrogens is 553 g/mol. The van der Waals surface area contributed by atoms with Crippen LogP contribution in [0.1, 0.15) is 60.3 Å². The fourth-order valence-electron chi connectivity index (χ4n) is 5.73. The molecule has 2 aliphatic rings. The minimum Gasteiger partial charge on any atom is -0.383 e. The quantitative estimate of drug-likeness (QED) is 0.237. The van der Waals surface area contributed by atoms with Crippen LogP contribution in [0.15, 0.2) is 0 Å². The highest BCUT2D eigenvalue weighted by Crippen LogP contribution is 2.47. The highest BCUT2D eigenvalue weighted by atomic mass is 31.2. The number of carbonyl (C=O) groups is 3. The molecule has 41 heavy (non-hydrogen) atoms. The fraction of sp³-hybridized carbons (Fsp3) is 0.893. The molecule has 2 N–H and O–H groups in total. The van der Waals surface area contributed by atoms with Crippen LogP contribution in [0.4, 0.5) is 0 Å². The summed E-state index contributed by atoms with van der Waals surface area (Å²) in [6, 6.07) is -0.733. The van der Waals surface area contributed by atoms with Gasteiger partial charge in [0.2, 0.25) is 11.8 Å². The number of rotatable bonds is 17. The highest BCUT2D eigenvalue weighted by Gasteiger charge is 2.43. The van der Waals surface area contributed by atoms with Crippen molar-refractivity contribution in [1.82, 2.24) is 15.1 Å². The van der Waals surface area contributed by atoms with E-state index in [9.17, 15) is 23.8 Å². The number of nitrogens with zero attached hydrogens (tertiary/aromatic N) is 2. The van der Waals surface area contributed by atoms with Crippen molar-refractivity contribution in [2.24, 2.45) is 23.7 Å². The maximum atomic E-state index is 13.2. The first kappa shape index (κ1) is 35.8. The largest absolute Gasteiger partial charge is 0.472 e. The van der Waals surface area contributed by atoms with E-state index >= 15 is 0 Å². The van der Waals surface area contributed by atoms with Crippen LogP contribution < -0.4 is 5.32 Å². The van der Waals surface area contributed by atoms with Gasteiger partial charge in [-0.1, -0.05) is 27.7 Å². The summed E-state index contributed by atoms with van der Waals surface area (Å²) in [4.78, 5) is 51.8. The summed E-state index contributed by atoms with van der Waals surface area (Å²) >= 11 is 0. The standard InChI is InChI=1S/C28H52N3O9P/c1-18(9-21(4)32)19(2)10-27(33)30-14-25(38-8)11-24(30)17-39-41(35,36)40-26-12-23(16-37-7)31(15-26)28(34)22(5)20(3)13-29-6/h18-20,22-26,29H,9-17H2,1-8H3,(H,35,36)/t18?,19?,20?,22-,23+,24+,25-,26?/m1/s1. The number of ketones is 1. The summed E-state index contributed by atoms with van der Waals surface area (Å²) in [6.07, 6.45) is 0.565. The Morgan fingerprint density at radius 2 is 1.51 bits per heavy atom. The van der Waals surface area contributed by atoms with Gasteiger partial charge in [0, 0.05) is 46.1 Å². The van der Waals surface area contributed by atoms with E-state index < -0.39 is 20.0 Å². The Hall–Kier alpha value is -1.40. The average molecular weight is 606 g/mol. The molecule has 238 valence electrons. The van der Waals surface area contributed by atoms with Crippen molar-refractivity contribution < 1.29 is 42.4 Å². The average Bonchev–Trinajstić information content (AvgIpc) is 3.50. The van der Waals surface area contributed by atoms with Gasteiger partial charge in [0.15, 0.2) is 0 Å². The molecule has 2 saturated heterocycles. The topological polar surface area (TPSA) is 144 Å². The van der Waals surface area contributed by atoms with Crippen molar-refractivity contribution in [2.75, 3.05) is 54.1 Å². The molecule has 0 radical (unpaired) electrons. The smallest absolute Gasteiger partial charge is 0.383 e. The van der Waals surface area contributed by atoms with Crippen LogP contribution in [0.5, 0.6) is 0 Å². The molecule has 0 aromatic heterocycles. The Kier molecular flexibility index (Phi) is 14.4. The van der Waals surface area contributed by atoms with Gasteiger partial charge < -0.3 is 34.3 Å². The number of ether oxygens (including phenoxy) is 2. The molecule has 0 bridgehead atoms. The van der Waals surface area contributed by atoms with Gasteiger partial charge in [-0.15, -0.1) is 0 Å². The Balaban J connectivity index is 2.00. The molecule has 2 fully saturated rings. The van der Waals surface area contributed by atoms with E-state index in [0.717, 1.165) is 0 Å². The van der Waals surface area contributed by atoms with Crippen LogP contribution in [-0.2, 0) is 37.5 Å². The van der Waals surface area contributed by atoms with Gasteiger partial charge in [-0.05, 0) is 51.1 Å². The number of phosphoric ester groups is 1. The van der Waals surface area contributed by atoms with E-state index in [2.05, 4.69) is 5.32 Å². The number of carbonyl (C=O) groups excluding carboxylic acids is 3. The van der Waals surface area contributed by atoms with Crippen LogP contribution in [0, 0.1) is 23.7 Å². The lowest BCUT2D eigenvalue weighted by atomic mass is 9.88. The molecule has 2 amide bonds. The zero-order valence-electron chi connectivity index (χ0n) is 26.0. The molecule has 9 atom stereocenters. The molecule has 5 unspecified atom stereocenters. The van der Waals surface area contributed by atoms with Crippen molar-refractivity contribution in [1.29, 1.82) is 0 Å². The number of hydrogen-bond donors (Lipinski definition) is 2. The SMILES string of the molecule is CNCC(C)[C@@H](C)C(=O)N1CC(OP(=O)(O)OC[C@@H]2C[C@@H](OC)CN2C(=O)CC(C)C(C)CC(C)=O)C[C@H]1COC. The molecule has 2 heterocycles. The second kappa shape index (κ2) is 16.4. The second-order valence-corrected chi connectivity index (χ2v) is 13.4. The molecule has 0 aromatic rings. The van der Waals surface area contributed by atoms with Crippen molar-refractivity contribution in [3.8, 4) is 0 Å². The Morgan fingerprint density at radius 1 is 0.927 bits per heavy atom. The number of phosphoric acid groups is 1. The van der Waals surface area contributed by atoms with Gasteiger partial charge in [-0.2, -0.15) is 0 Å². The third kappa shape index (κ3) is 10.7. The molecule has 0 aromatic carbocycles. The van der Waals surface area contributed by atoms with Crippen molar-refractivity contribution in [3.05, 3.63) is 0 Å². The zero-order valence-corrected chi connectivity index (χ0v) is 26.9. The van der Waals surface area contributed by atoms with Gasteiger partial charge >= 0.3 is 7.82 Å². The highest BCUT2D eigenvalue weighted by molar-refractivity contribution is 7.47. The number of nitrogens with one attached hydrogen (secondary N) is 1. The molecular formula is C28H52N3O9P. The monoisotopic (exact) mass is 605 g/mol. The fourth-order valence-corrected chi connectivity index (χ4v) is 6.68. The minimum atomic E-state index is -4.50. The predicted molar refractivity (Wildman–Crippen MR) is 154 cm³/mol. The molecule has 0 aliphatic carbocycles. The minimum absolute atomic E-state index is 0.00107. The maximum absolute atomic E-state index is 13.2. The van der Waals surface area contributed by atoms with E-state index in [0.29, 0.717) is 32.4 Å². The molecule has 2 rings (SSSR count). The molecule has 13 heteroatoms. The van der Waals surface area contributed by atoms with Crippen LogP contribution in [0.3, 0.4) is 0 Å². The summed E-state index contributed by atoms with van der Waals surface area (Å²) < 4.78 is 34.7. The number of methoxy groups -OCH3 is 2. The van der Waals surface area contributed by atoms with Gasteiger partial charge in [-0.25, -0.2) is 4.57 Å². The number of hydrogen-bond acceptors (Lipinski definition) is 9. The second-order valence-electron chi connectivity index (χ2n) is 12.0. The van der Waals surface area contributed by atoms with Gasteiger partial charge in [0.05, 0.1) is 37.5 Å². The van der Waals surface area contributed by atoms with Crippen molar-refractivity contribution >= 4 is 25.4 Å². The summed E-state index contributed by atoms with van der Waals surface area (Å²) in [6.45, 7) is 10.6. The lowest BCUT2D eigenvalue weighted by Crippen LogP contribution is -2.44. The number of amides is 2. The van der Waals surface area contributed by atoms with E-state index in [-0.39, 0.29) is 79.6 Å². The molecule has 2 aliphatic heterocycles. The van der Waals surface area contributed by atoms with Crippen molar-refractivity contribution in [3.63, 3.8) is 0 Å². The van der Waals surface area contributed by atoms with Crippen molar-refractivity contribution in [2.45, 2.75) is 84.6 Å². The summed E-state index contributed by atoms with van der Waals surface area (Å²) in [7, 11) is 0.462. The van der Waals surface area contributed by atoms with Gasteiger partial charge in [-0.3, -0.25) is 18.6 Å². The van der Waals surface area contributed by atoms with Crippen LogP contribution in [-0.4, -0.2) is 111 Å². The van der Waals surface area contributed by atoms with Gasteiger partial charge in [0.1, 0.15) is 5.78 Å². The van der Waals surface area contributed by atoms with E-state index in [1.54, 1.807) is 30.9 Å². The Bertz CT molecular complexity index is 922. The zero-order chi connectivity index (χ0) is 30.9. The third-order valence-corrected chi connectivity index (χ3v) is 9.65. The first-order valence-electron chi connectivity index (χ1n) is 14.6. The lowest BCUT2D eigenvalue weighted by Gasteiger charge is -2.29. The first-order valence-corrected chi connectivity index (χ1v) is 16.1. The van der Waals surface area contributed by atoms with Crippen LogP contribution >= 0.6 is 7.82 Å². The molecule has 0 spiro atoms. The summed E-state index contributed by atoms with van der Waals surface area (Å²) in [5, 5.41) is 3.09. The molecule has 12 nitrogen and oxygen atoms in total. The summed E-state index contributed by atoms with van der Waals surface area (Å²) in [5.74, 6) is -0.146. The molecule has 0 saturated carbocycles. The van der Waals surface area contributed by atoms with E-state index in [1.165, 1.54) is 0 Å². The van der Waals surface area contributed by atoms with Crippen LogP contribution in [0.25, 0.3) is 0 Å². The number of likely N-dealkylation sites (tertiary alicyclic amines) is 2.